The Morgan fingerprint density at radius 3 is 1.63 bits per heavy atom. The van der Waals surface area contributed by atoms with E-state index in [1.165, 1.54) is 21.9 Å². The molecule has 8 rings (SSSR count). The van der Waals surface area contributed by atoms with E-state index in [9.17, 15) is 0 Å². The number of para-hydroxylation sites is 2. The summed E-state index contributed by atoms with van der Waals surface area (Å²) in [6, 6.07) is 63.2. The Bertz CT molecular complexity index is 2180. The normalized spacial score (nSPS) is 11.0. The van der Waals surface area contributed by atoms with Gasteiger partial charge in [0.05, 0.1) is 5.69 Å². The Morgan fingerprint density at radius 2 is 0.957 bits per heavy atom. The summed E-state index contributed by atoms with van der Waals surface area (Å²) >= 11 is 0. The van der Waals surface area contributed by atoms with E-state index in [1.807, 2.05) is 47.1 Å². The highest BCUT2D eigenvalue weighted by Gasteiger charge is 2.17. The highest BCUT2D eigenvalue weighted by atomic mass is 15.4. The van der Waals surface area contributed by atoms with E-state index in [-0.39, 0.29) is 0 Å². The summed E-state index contributed by atoms with van der Waals surface area (Å²) in [6.07, 6.45) is 0. The van der Waals surface area contributed by atoms with Gasteiger partial charge in [0, 0.05) is 28.2 Å². The second-order valence-electron chi connectivity index (χ2n) is 11.2. The van der Waals surface area contributed by atoms with Crippen molar-refractivity contribution in [3.05, 3.63) is 182 Å². The molecule has 0 aliphatic heterocycles. The zero-order valence-electron chi connectivity index (χ0n) is 25.1. The van der Waals surface area contributed by atoms with Crippen LogP contribution in [0.4, 0.5) is 17.1 Å². The van der Waals surface area contributed by atoms with Crippen LogP contribution in [0, 0.1) is 0 Å². The lowest BCUT2D eigenvalue weighted by atomic mass is 9.97. The van der Waals surface area contributed by atoms with Crippen LogP contribution in [0.2, 0.25) is 0 Å². The maximum atomic E-state index is 5.07. The molecule has 0 unspecified atom stereocenters. The monoisotopic (exact) mass is 590 g/mol. The number of fused-ring (bicyclic) bond motifs is 1. The van der Waals surface area contributed by atoms with Crippen molar-refractivity contribution in [3.63, 3.8) is 0 Å². The largest absolute Gasteiger partial charge is 0.311 e. The fraction of sp³-hybridized carbons (Fsp3) is 0. The molecule has 1 aromatic heterocycles. The Labute approximate surface area is 268 Å². The van der Waals surface area contributed by atoms with Crippen LogP contribution < -0.4 is 4.90 Å². The standard InChI is InChI=1S/C42H30N4/c1-4-14-33(15-5-1)41-43-42(34-25-23-32(24-26-34)40-22-12-16-31-13-10-11-21-39(31)40)46(44-41)38-29-27-37(28-30-38)45(35-17-6-2-7-18-35)36-19-8-3-9-20-36/h1-30H. The van der Waals surface area contributed by atoms with Gasteiger partial charge in [0.2, 0.25) is 0 Å². The number of nitrogens with zero attached hydrogens (tertiary/aromatic N) is 4. The van der Waals surface area contributed by atoms with Gasteiger partial charge in [0.1, 0.15) is 0 Å². The third-order valence-electron chi connectivity index (χ3n) is 8.26. The second kappa shape index (κ2) is 12.0. The molecule has 0 spiro atoms. The summed E-state index contributed by atoms with van der Waals surface area (Å²) in [5, 5.41) is 7.51. The molecule has 0 bridgehead atoms. The number of anilines is 3. The van der Waals surface area contributed by atoms with E-state index >= 15 is 0 Å². The minimum atomic E-state index is 0.688. The first-order valence-corrected chi connectivity index (χ1v) is 15.4. The van der Waals surface area contributed by atoms with Crippen molar-refractivity contribution >= 4 is 27.8 Å². The Hall–Kier alpha value is -6.26. The van der Waals surface area contributed by atoms with Gasteiger partial charge in [-0.15, -0.1) is 5.10 Å². The number of rotatable bonds is 7. The van der Waals surface area contributed by atoms with Gasteiger partial charge in [-0.25, -0.2) is 9.67 Å². The highest BCUT2D eigenvalue weighted by Crippen LogP contribution is 2.36. The zero-order valence-corrected chi connectivity index (χ0v) is 25.1. The van der Waals surface area contributed by atoms with Crippen molar-refractivity contribution < 1.29 is 0 Å². The molecule has 8 aromatic rings. The lowest BCUT2D eigenvalue weighted by Gasteiger charge is -2.25. The Morgan fingerprint density at radius 1 is 0.413 bits per heavy atom. The predicted molar refractivity (Wildman–Crippen MR) is 190 cm³/mol. The van der Waals surface area contributed by atoms with E-state index in [1.54, 1.807) is 0 Å². The summed E-state index contributed by atoms with van der Waals surface area (Å²) in [6.45, 7) is 0. The average molecular weight is 591 g/mol. The first-order chi connectivity index (χ1) is 22.8. The van der Waals surface area contributed by atoms with Crippen LogP contribution in [0.25, 0.3) is 50.4 Å². The highest BCUT2D eigenvalue weighted by molar-refractivity contribution is 5.96. The molecule has 1 heterocycles. The molecule has 0 aliphatic rings. The van der Waals surface area contributed by atoms with Crippen molar-refractivity contribution in [2.24, 2.45) is 0 Å². The number of hydrogen-bond acceptors (Lipinski definition) is 3. The van der Waals surface area contributed by atoms with Gasteiger partial charge >= 0.3 is 0 Å². The molecule has 0 saturated carbocycles. The number of benzene rings is 7. The van der Waals surface area contributed by atoms with Crippen LogP contribution >= 0.6 is 0 Å². The summed E-state index contributed by atoms with van der Waals surface area (Å²) in [7, 11) is 0. The first-order valence-electron chi connectivity index (χ1n) is 15.4. The second-order valence-corrected chi connectivity index (χ2v) is 11.2. The molecule has 218 valence electrons. The lowest BCUT2D eigenvalue weighted by Crippen LogP contribution is -2.10. The average Bonchev–Trinajstić information content (AvgIpc) is 3.59. The van der Waals surface area contributed by atoms with Crippen molar-refractivity contribution in [1.29, 1.82) is 0 Å². The van der Waals surface area contributed by atoms with E-state index in [0.29, 0.717) is 5.82 Å². The molecule has 4 heteroatoms. The predicted octanol–water partition coefficient (Wildman–Crippen LogP) is 10.9. The topological polar surface area (TPSA) is 34.0 Å². The third kappa shape index (κ3) is 5.23. The maximum absolute atomic E-state index is 5.07. The molecule has 0 saturated heterocycles. The molecular formula is C42H30N4. The van der Waals surface area contributed by atoms with Gasteiger partial charge in [0.15, 0.2) is 11.6 Å². The quantitative estimate of drug-likeness (QED) is 0.185. The van der Waals surface area contributed by atoms with Crippen LogP contribution in [0.3, 0.4) is 0 Å². The minimum absolute atomic E-state index is 0.688. The van der Waals surface area contributed by atoms with Crippen LogP contribution in [-0.4, -0.2) is 14.8 Å². The van der Waals surface area contributed by atoms with Gasteiger partial charge in [-0.1, -0.05) is 133 Å². The summed E-state index contributed by atoms with van der Waals surface area (Å²) < 4.78 is 1.95. The smallest absolute Gasteiger partial charge is 0.182 e. The van der Waals surface area contributed by atoms with E-state index in [2.05, 4.69) is 144 Å². The number of hydrogen-bond donors (Lipinski definition) is 0. The SMILES string of the molecule is c1ccc(-c2nc(-c3ccc(-c4cccc5ccccc45)cc3)n(-c3ccc(N(c4ccccc4)c4ccccc4)cc3)n2)cc1. The van der Waals surface area contributed by atoms with Gasteiger partial charge in [-0.2, -0.15) is 0 Å². The fourth-order valence-electron chi connectivity index (χ4n) is 6.01. The maximum Gasteiger partial charge on any atom is 0.182 e. The van der Waals surface area contributed by atoms with Crippen molar-refractivity contribution in [1.82, 2.24) is 14.8 Å². The van der Waals surface area contributed by atoms with Crippen LogP contribution in [0.15, 0.2) is 182 Å². The van der Waals surface area contributed by atoms with Gasteiger partial charge in [-0.3, -0.25) is 0 Å². The molecule has 0 radical (unpaired) electrons. The number of aromatic nitrogens is 3. The van der Waals surface area contributed by atoms with Crippen LogP contribution in [-0.2, 0) is 0 Å². The molecule has 4 nitrogen and oxygen atoms in total. The zero-order chi connectivity index (χ0) is 30.7. The molecule has 0 atom stereocenters. The molecular weight excluding hydrogens is 560 g/mol. The fourth-order valence-corrected chi connectivity index (χ4v) is 6.01. The molecule has 0 amide bonds. The van der Waals surface area contributed by atoms with Crippen LogP contribution in [0.5, 0.6) is 0 Å². The van der Waals surface area contributed by atoms with E-state index in [4.69, 9.17) is 10.1 Å². The van der Waals surface area contributed by atoms with Crippen molar-refractivity contribution in [3.8, 4) is 39.6 Å². The molecule has 0 N–H and O–H groups in total. The molecule has 0 fully saturated rings. The van der Waals surface area contributed by atoms with Gasteiger partial charge in [0.25, 0.3) is 0 Å². The van der Waals surface area contributed by atoms with E-state index in [0.717, 1.165) is 39.7 Å². The summed E-state index contributed by atoms with van der Waals surface area (Å²) in [5.74, 6) is 1.48. The Balaban J connectivity index is 1.20. The molecule has 46 heavy (non-hydrogen) atoms. The minimum Gasteiger partial charge on any atom is -0.311 e. The first kappa shape index (κ1) is 27.3. The lowest BCUT2D eigenvalue weighted by molar-refractivity contribution is 0.890. The molecule has 7 aromatic carbocycles. The van der Waals surface area contributed by atoms with Crippen molar-refractivity contribution in [2.75, 3.05) is 4.90 Å². The van der Waals surface area contributed by atoms with Crippen LogP contribution in [0.1, 0.15) is 0 Å². The summed E-state index contributed by atoms with van der Waals surface area (Å²) in [5.41, 5.74) is 8.55. The third-order valence-corrected chi connectivity index (χ3v) is 8.26. The van der Waals surface area contributed by atoms with E-state index < -0.39 is 0 Å². The Kier molecular flexibility index (Phi) is 7.14. The molecule has 0 aliphatic carbocycles. The van der Waals surface area contributed by atoms with Crippen molar-refractivity contribution in [2.45, 2.75) is 0 Å². The van der Waals surface area contributed by atoms with Gasteiger partial charge in [-0.05, 0) is 70.4 Å². The van der Waals surface area contributed by atoms with Gasteiger partial charge < -0.3 is 4.90 Å². The summed E-state index contributed by atoms with van der Waals surface area (Å²) in [4.78, 5) is 7.33.